The summed E-state index contributed by atoms with van der Waals surface area (Å²) in [5, 5.41) is 2.97. The van der Waals surface area contributed by atoms with Gasteiger partial charge in [-0.05, 0) is 44.0 Å². The lowest BCUT2D eigenvalue weighted by Gasteiger charge is -2.31. The van der Waals surface area contributed by atoms with Crippen molar-refractivity contribution in [2.45, 2.75) is 38.6 Å². The van der Waals surface area contributed by atoms with Crippen LogP contribution in [-0.4, -0.2) is 44.8 Å². The summed E-state index contributed by atoms with van der Waals surface area (Å²) < 4.78 is 0. The number of hydrogen-bond donors (Lipinski definition) is 2. The molecule has 0 bridgehead atoms. The fourth-order valence-electron chi connectivity index (χ4n) is 3.80. The Morgan fingerprint density at radius 2 is 1.93 bits per heavy atom. The SMILES string of the molecule is CC(=O)N1CCC(c2ccc(C(=O)N[C@@H](C)c3nc4ccccc4[nH]3)cn2)CC1. The first kappa shape index (κ1) is 19.1. The van der Waals surface area contributed by atoms with Crippen molar-refractivity contribution in [2.75, 3.05) is 13.1 Å². The molecule has 0 spiro atoms. The first-order valence-electron chi connectivity index (χ1n) is 9.98. The first-order chi connectivity index (χ1) is 14.0. The molecule has 150 valence electrons. The molecule has 3 heterocycles. The number of carbonyl (C=O) groups is 2. The molecular formula is C22H25N5O2. The molecule has 7 heteroatoms. The Labute approximate surface area is 169 Å². The van der Waals surface area contributed by atoms with Gasteiger partial charge < -0.3 is 15.2 Å². The largest absolute Gasteiger partial charge is 0.343 e. The highest BCUT2D eigenvalue weighted by molar-refractivity contribution is 5.94. The lowest BCUT2D eigenvalue weighted by molar-refractivity contribution is -0.129. The summed E-state index contributed by atoms with van der Waals surface area (Å²) >= 11 is 0. The van der Waals surface area contributed by atoms with Gasteiger partial charge in [0.05, 0.1) is 22.6 Å². The smallest absolute Gasteiger partial charge is 0.253 e. The number of likely N-dealkylation sites (tertiary alicyclic amines) is 1. The van der Waals surface area contributed by atoms with E-state index >= 15 is 0 Å². The zero-order valence-electron chi connectivity index (χ0n) is 16.7. The number of pyridine rings is 1. The summed E-state index contributed by atoms with van der Waals surface area (Å²) in [7, 11) is 0. The number of carbonyl (C=O) groups excluding carboxylic acids is 2. The van der Waals surface area contributed by atoms with E-state index in [1.54, 1.807) is 13.1 Å². The van der Waals surface area contributed by atoms with Gasteiger partial charge in [0.25, 0.3) is 5.91 Å². The van der Waals surface area contributed by atoms with E-state index in [1.165, 1.54) is 0 Å². The van der Waals surface area contributed by atoms with Crippen LogP contribution in [-0.2, 0) is 4.79 Å². The van der Waals surface area contributed by atoms with E-state index in [9.17, 15) is 9.59 Å². The molecule has 0 unspecified atom stereocenters. The molecular weight excluding hydrogens is 366 g/mol. The molecule has 0 saturated carbocycles. The van der Waals surface area contributed by atoms with E-state index in [0.29, 0.717) is 11.5 Å². The normalized spacial score (nSPS) is 16.0. The van der Waals surface area contributed by atoms with Crippen LogP contribution in [0.4, 0.5) is 0 Å². The van der Waals surface area contributed by atoms with Crippen molar-refractivity contribution in [1.29, 1.82) is 0 Å². The molecule has 1 aliphatic rings. The number of fused-ring (bicyclic) bond motifs is 1. The quantitative estimate of drug-likeness (QED) is 0.715. The second-order valence-corrected chi connectivity index (χ2v) is 7.59. The number of benzene rings is 1. The van der Waals surface area contributed by atoms with Gasteiger partial charge in [-0.25, -0.2) is 4.98 Å². The summed E-state index contributed by atoms with van der Waals surface area (Å²) in [6.07, 6.45) is 3.44. The molecule has 0 radical (unpaired) electrons. The standard InChI is InChI=1S/C22H25N5O2/c1-14(21-25-19-5-3-4-6-20(19)26-21)24-22(29)17-7-8-18(23-13-17)16-9-11-27(12-10-16)15(2)28/h3-8,13-14,16H,9-12H2,1-2H3,(H,24,29)(H,25,26)/t14-/m0/s1. The van der Waals surface area contributed by atoms with Crippen molar-refractivity contribution < 1.29 is 9.59 Å². The molecule has 7 nitrogen and oxygen atoms in total. The Balaban J connectivity index is 1.38. The van der Waals surface area contributed by atoms with Crippen molar-refractivity contribution in [3.05, 3.63) is 59.7 Å². The monoisotopic (exact) mass is 391 g/mol. The maximum absolute atomic E-state index is 12.6. The Bertz CT molecular complexity index is 986. The van der Waals surface area contributed by atoms with Gasteiger partial charge in [0.15, 0.2) is 0 Å². The summed E-state index contributed by atoms with van der Waals surface area (Å²) in [6.45, 7) is 5.04. The minimum Gasteiger partial charge on any atom is -0.343 e. The second kappa shape index (κ2) is 8.03. The zero-order valence-corrected chi connectivity index (χ0v) is 16.7. The third-order valence-corrected chi connectivity index (χ3v) is 5.57. The van der Waals surface area contributed by atoms with Crippen molar-refractivity contribution in [1.82, 2.24) is 25.2 Å². The van der Waals surface area contributed by atoms with Gasteiger partial charge in [0.2, 0.25) is 5.91 Å². The fraction of sp³-hybridized carbons (Fsp3) is 0.364. The van der Waals surface area contributed by atoms with Gasteiger partial charge in [-0.1, -0.05) is 12.1 Å². The molecule has 3 aromatic rings. The van der Waals surface area contributed by atoms with Crippen LogP contribution in [0.1, 0.15) is 60.5 Å². The van der Waals surface area contributed by atoms with E-state index in [1.807, 2.05) is 48.2 Å². The van der Waals surface area contributed by atoms with Crippen LogP contribution in [0.2, 0.25) is 0 Å². The Hall–Kier alpha value is -3.22. The molecule has 0 aliphatic carbocycles. The minimum atomic E-state index is -0.245. The third kappa shape index (κ3) is 4.13. The number of rotatable bonds is 4. The average molecular weight is 391 g/mol. The molecule has 1 aliphatic heterocycles. The number of aromatic nitrogens is 3. The average Bonchev–Trinajstić information content (AvgIpc) is 3.18. The van der Waals surface area contributed by atoms with E-state index in [4.69, 9.17) is 0 Å². The number of aromatic amines is 1. The first-order valence-corrected chi connectivity index (χ1v) is 9.98. The maximum atomic E-state index is 12.6. The van der Waals surface area contributed by atoms with Gasteiger partial charge in [-0.15, -0.1) is 0 Å². The number of imidazole rings is 1. The third-order valence-electron chi connectivity index (χ3n) is 5.57. The van der Waals surface area contributed by atoms with Crippen LogP contribution in [0, 0.1) is 0 Å². The molecule has 2 amide bonds. The van der Waals surface area contributed by atoms with Crippen molar-refractivity contribution in [2.24, 2.45) is 0 Å². The molecule has 4 rings (SSSR count). The van der Waals surface area contributed by atoms with E-state index in [2.05, 4.69) is 20.3 Å². The van der Waals surface area contributed by atoms with Crippen molar-refractivity contribution in [3.8, 4) is 0 Å². The van der Waals surface area contributed by atoms with Gasteiger partial charge in [-0.3, -0.25) is 14.6 Å². The molecule has 2 N–H and O–H groups in total. The molecule has 1 saturated heterocycles. The van der Waals surface area contributed by atoms with E-state index in [0.717, 1.165) is 48.5 Å². The number of nitrogens with zero attached hydrogens (tertiary/aromatic N) is 3. The summed E-state index contributed by atoms with van der Waals surface area (Å²) in [6, 6.07) is 11.3. The number of amides is 2. The molecule has 29 heavy (non-hydrogen) atoms. The predicted octanol–water partition coefficient (Wildman–Crippen LogP) is 3.17. The Morgan fingerprint density at radius 1 is 1.17 bits per heavy atom. The van der Waals surface area contributed by atoms with Crippen LogP contribution in [0.25, 0.3) is 11.0 Å². The van der Waals surface area contributed by atoms with Crippen molar-refractivity contribution in [3.63, 3.8) is 0 Å². The summed E-state index contributed by atoms with van der Waals surface area (Å²) in [5.41, 5.74) is 3.34. The van der Waals surface area contributed by atoms with Crippen LogP contribution in [0.3, 0.4) is 0 Å². The van der Waals surface area contributed by atoms with Crippen molar-refractivity contribution >= 4 is 22.8 Å². The number of piperidine rings is 1. The highest BCUT2D eigenvalue weighted by atomic mass is 16.2. The number of nitrogens with one attached hydrogen (secondary N) is 2. The lowest BCUT2D eigenvalue weighted by atomic mass is 9.93. The molecule has 1 aromatic carbocycles. The zero-order chi connectivity index (χ0) is 20.4. The predicted molar refractivity (Wildman–Crippen MR) is 110 cm³/mol. The lowest BCUT2D eigenvalue weighted by Crippen LogP contribution is -2.36. The van der Waals surface area contributed by atoms with Crippen LogP contribution in [0.5, 0.6) is 0 Å². The Morgan fingerprint density at radius 3 is 2.59 bits per heavy atom. The highest BCUT2D eigenvalue weighted by Gasteiger charge is 2.23. The summed E-state index contributed by atoms with van der Waals surface area (Å²) in [5.74, 6) is 1.00. The molecule has 2 aromatic heterocycles. The minimum absolute atomic E-state index is 0.127. The topological polar surface area (TPSA) is 91.0 Å². The number of hydrogen-bond acceptors (Lipinski definition) is 4. The van der Waals surface area contributed by atoms with Gasteiger partial charge in [0, 0.05) is 37.8 Å². The Kier molecular flexibility index (Phi) is 5.29. The number of para-hydroxylation sites is 2. The number of H-pyrrole nitrogens is 1. The molecule has 1 fully saturated rings. The van der Waals surface area contributed by atoms with Crippen LogP contribution < -0.4 is 5.32 Å². The maximum Gasteiger partial charge on any atom is 0.253 e. The van der Waals surface area contributed by atoms with Gasteiger partial charge in [0.1, 0.15) is 5.82 Å². The van der Waals surface area contributed by atoms with E-state index < -0.39 is 0 Å². The summed E-state index contributed by atoms with van der Waals surface area (Å²) in [4.78, 5) is 38.3. The van der Waals surface area contributed by atoms with E-state index in [-0.39, 0.29) is 17.9 Å². The molecule has 1 atom stereocenters. The fourth-order valence-corrected chi connectivity index (χ4v) is 3.80. The van der Waals surface area contributed by atoms with Gasteiger partial charge >= 0.3 is 0 Å². The van der Waals surface area contributed by atoms with Gasteiger partial charge in [-0.2, -0.15) is 0 Å². The van der Waals surface area contributed by atoms with Crippen LogP contribution in [0.15, 0.2) is 42.6 Å². The highest BCUT2D eigenvalue weighted by Crippen LogP contribution is 2.26. The second-order valence-electron chi connectivity index (χ2n) is 7.59. The van der Waals surface area contributed by atoms with Crippen LogP contribution >= 0.6 is 0 Å².